The molecule has 0 aliphatic carbocycles. The number of benzene rings is 1. The molecule has 0 N–H and O–H groups in total. The molecule has 0 saturated heterocycles. The molecular weight excluding hydrogens is 342 g/mol. The van der Waals surface area contributed by atoms with Gasteiger partial charge in [-0.1, -0.05) is 36.7 Å². The lowest BCUT2D eigenvalue weighted by atomic mass is 10.1. The Morgan fingerprint density at radius 2 is 1.90 bits per heavy atom. The molecule has 20 heavy (non-hydrogen) atoms. The number of likely N-dealkylation sites (N-methyl/N-ethyl adjacent to an activating group) is 1. The van der Waals surface area contributed by atoms with Crippen LogP contribution in [0.1, 0.15) is 37.6 Å². The van der Waals surface area contributed by atoms with Gasteiger partial charge in [-0.25, -0.2) is 0 Å². The molecule has 5 heteroatoms. The number of carbonyl (C=O) groups excluding carboxylic acids is 1. The number of nitrogens with zero attached hydrogens (tertiary/aromatic N) is 1. The molecule has 114 valence electrons. The largest absolute Gasteiger partial charge is 0.491 e. The number of ketones is 1. The Kier molecular flexibility index (Phi) is 9.90. The van der Waals surface area contributed by atoms with E-state index in [1.54, 1.807) is 0 Å². The molecular formula is C15H23BrClNO2. The summed E-state index contributed by atoms with van der Waals surface area (Å²) in [5.41, 5.74) is 0.663. The van der Waals surface area contributed by atoms with Crippen LogP contribution in [0.4, 0.5) is 0 Å². The number of halogens is 2. The fourth-order valence-corrected chi connectivity index (χ4v) is 2.22. The number of hydrogen-bond donors (Lipinski definition) is 0. The van der Waals surface area contributed by atoms with Crippen LogP contribution in [0.25, 0.3) is 0 Å². The minimum absolute atomic E-state index is 0. The van der Waals surface area contributed by atoms with Crippen molar-refractivity contribution in [1.82, 2.24) is 4.90 Å². The van der Waals surface area contributed by atoms with Gasteiger partial charge >= 0.3 is 0 Å². The summed E-state index contributed by atoms with van der Waals surface area (Å²) in [6, 6.07) is 5.59. The molecule has 0 heterocycles. The van der Waals surface area contributed by atoms with Crippen molar-refractivity contribution in [3.05, 3.63) is 28.2 Å². The molecule has 0 aliphatic heterocycles. The average molecular weight is 365 g/mol. The standard InChI is InChI=1S/C15H22BrNO2.ClH/c1-4-14(18)13-11-12(16)7-8-15(13)19-10-9-17(5-2)6-3;/h7-8,11H,4-6,9-10H2,1-3H3;1H. The van der Waals surface area contributed by atoms with Gasteiger partial charge in [-0.05, 0) is 31.3 Å². The second-order valence-corrected chi connectivity index (χ2v) is 5.21. The highest BCUT2D eigenvalue weighted by Crippen LogP contribution is 2.24. The fraction of sp³-hybridized carbons (Fsp3) is 0.533. The number of carbonyl (C=O) groups is 1. The van der Waals surface area contributed by atoms with Gasteiger partial charge in [-0.2, -0.15) is 0 Å². The summed E-state index contributed by atoms with van der Waals surface area (Å²) in [5, 5.41) is 0. The van der Waals surface area contributed by atoms with Gasteiger partial charge in [-0.3, -0.25) is 4.79 Å². The first-order valence-electron chi connectivity index (χ1n) is 6.80. The van der Waals surface area contributed by atoms with Crippen molar-refractivity contribution in [2.24, 2.45) is 0 Å². The molecule has 0 aliphatic rings. The van der Waals surface area contributed by atoms with E-state index in [0.29, 0.717) is 24.3 Å². The third kappa shape index (κ3) is 5.81. The van der Waals surface area contributed by atoms with Crippen LogP contribution in [0.2, 0.25) is 0 Å². The Bertz CT molecular complexity index is 422. The van der Waals surface area contributed by atoms with Crippen LogP contribution in [0.15, 0.2) is 22.7 Å². The zero-order chi connectivity index (χ0) is 14.3. The summed E-state index contributed by atoms with van der Waals surface area (Å²) in [6.45, 7) is 9.64. The van der Waals surface area contributed by atoms with Gasteiger partial charge in [0.15, 0.2) is 5.78 Å². The molecule has 0 atom stereocenters. The molecule has 0 amide bonds. The van der Waals surface area contributed by atoms with E-state index in [4.69, 9.17) is 4.74 Å². The molecule has 0 radical (unpaired) electrons. The van der Waals surface area contributed by atoms with E-state index in [0.717, 1.165) is 24.1 Å². The number of hydrogen-bond acceptors (Lipinski definition) is 3. The molecule has 0 saturated carbocycles. The summed E-state index contributed by atoms with van der Waals surface area (Å²) < 4.78 is 6.67. The highest BCUT2D eigenvalue weighted by molar-refractivity contribution is 9.10. The number of rotatable bonds is 8. The highest BCUT2D eigenvalue weighted by atomic mass is 79.9. The lowest BCUT2D eigenvalue weighted by Crippen LogP contribution is -2.28. The van der Waals surface area contributed by atoms with Crippen LogP contribution in [0.5, 0.6) is 5.75 Å². The van der Waals surface area contributed by atoms with E-state index in [2.05, 4.69) is 34.7 Å². The Labute approximate surface area is 136 Å². The average Bonchev–Trinajstić information content (AvgIpc) is 2.44. The van der Waals surface area contributed by atoms with Crippen molar-refractivity contribution in [3.63, 3.8) is 0 Å². The summed E-state index contributed by atoms with van der Waals surface area (Å²) in [7, 11) is 0. The molecule has 1 rings (SSSR count). The van der Waals surface area contributed by atoms with E-state index in [1.165, 1.54) is 0 Å². The van der Waals surface area contributed by atoms with Gasteiger partial charge in [0.1, 0.15) is 12.4 Å². The van der Waals surface area contributed by atoms with Crippen LogP contribution < -0.4 is 4.74 Å². The molecule has 3 nitrogen and oxygen atoms in total. The van der Waals surface area contributed by atoms with Gasteiger partial charge in [-0.15, -0.1) is 12.4 Å². The normalized spacial score (nSPS) is 10.2. The zero-order valence-corrected chi connectivity index (χ0v) is 14.7. The minimum Gasteiger partial charge on any atom is -0.491 e. The van der Waals surface area contributed by atoms with Crippen LogP contribution in [0.3, 0.4) is 0 Å². The second kappa shape index (κ2) is 10.2. The van der Waals surface area contributed by atoms with Crippen molar-refractivity contribution in [2.75, 3.05) is 26.2 Å². The lowest BCUT2D eigenvalue weighted by molar-refractivity contribution is 0.0983. The fourth-order valence-electron chi connectivity index (χ4n) is 1.86. The van der Waals surface area contributed by atoms with E-state index < -0.39 is 0 Å². The third-order valence-corrected chi connectivity index (χ3v) is 3.62. The topological polar surface area (TPSA) is 29.5 Å². The maximum atomic E-state index is 11.9. The predicted molar refractivity (Wildman–Crippen MR) is 89.3 cm³/mol. The first kappa shape index (κ1) is 19.4. The van der Waals surface area contributed by atoms with E-state index >= 15 is 0 Å². The molecule has 0 aromatic heterocycles. The van der Waals surface area contributed by atoms with Gasteiger partial charge in [0.05, 0.1) is 5.56 Å². The molecule has 1 aromatic carbocycles. The van der Waals surface area contributed by atoms with E-state index in [9.17, 15) is 4.79 Å². The van der Waals surface area contributed by atoms with Crippen LogP contribution in [-0.4, -0.2) is 36.9 Å². The Morgan fingerprint density at radius 3 is 2.45 bits per heavy atom. The monoisotopic (exact) mass is 363 g/mol. The van der Waals surface area contributed by atoms with E-state index in [-0.39, 0.29) is 18.2 Å². The Morgan fingerprint density at radius 1 is 1.25 bits per heavy atom. The minimum atomic E-state index is 0. The van der Waals surface area contributed by atoms with Crippen molar-refractivity contribution < 1.29 is 9.53 Å². The second-order valence-electron chi connectivity index (χ2n) is 4.29. The maximum Gasteiger partial charge on any atom is 0.166 e. The van der Waals surface area contributed by atoms with Crippen molar-refractivity contribution >= 4 is 34.1 Å². The molecule has 0 bridgehead atoms. The highest BCUT2D eigenvalue weighted by Gasteiger charge is 2.11. The SMILES string of the molecule is CCC(=O)c1cc(Br)ccc1OCCN(CC)CC.Cl. The molecule has 0 unspecified atom stereocenters. The Hall–Kier alpha value is -0.580. The van der Waals surface area contributed by atoms with Gasteiger partial charge < -0.3 is 9.64 Å². The van der Waals surface area contributed by atoms with E-state index in [1.807, 2.05) is 25.1 Å². The first-order valence-corrected chi connectivity index (χ1v) is 7.59. The molecule has 1 aromatic rings. The first-order chi connectivity index (χ1) is 9.12. The summed E-state index contributed by atoms with van der Waals surface area (Å²) in [4.78, 5) is 14.2. The lowest BCUT2D eigenvalue weighted by Gasteiger charge is -2.18. The summed E-state index contributed by atoms with van der Waals surface area (Å²) >= 11 is 3.39. The van der Waals surface area contributed by atoms with Gasteiger partial charge in [0.25, 0.3) is 0 Å². The van der Waals surface area contributed by atoms with Crippen LogP contribution in [0, 0.1) is 0 Å². The van der Waals surface area contributed by atoms with Crippen LogP contribution in [-0.2, 0) is 0 Å². The quantitative estimate of drug-likeness (QED) is 0.648. The summed E-state index contributed by atoms with van der Waals surface area (Å²) in [5.74, 6) is 0.793. The molecule has 0 fully saturated rings. The smallest absolute Gasteiger partial charge is 0.166 e. The number of Topliss-reactive ketones (excluding diaryl/α,β-unsaturated/α-hetero) is 1. The van der Waals surface area contributed by atoms with Crippen molar-refractivity contribution in [1.29, 1.82) is 0 Å². The number of ether oxygens (including phenoxy) is 1. The summed E-state index contributed by atoms with van der Waals surface area (Å²) in [6.07, 6.45) is 0.489. The van der Waals surface area contributed by atoms with Crippen LogP contribution >= 0.6 is 28.3 Å². The predicted octanol–water partition coefficient (Wildman–Crippen LogP) is 4.18. The molecule has 0 spiro atoms. The zero-order valence-electron chi connectivity index (χ0n) is 12.3. The van der Waals surface area contributed by atoms with Crippen molar-refractivity contribution in [3.8, 4) is 5.75 Å². The Balaban J connectivity index is 0.00000361. The third-order valence-electron chi connectivity index (χ3n) is 3.12. The van der Waals surface area contributed by atoms with Crippen molar-refractivity contribution in [2.45, 2.75) is 27.2 Å². The maximum absolute atomic E-state index is 11.9. The van der Waals surface area contributed by atoms with Gasteiger partial charge in [0.2, 0.25) is 0 Å². The van der Waals surface area contributed by atoms with Gasteiger partial charge in [0, 0.05) is 17.4 Å².